The Hall–Kier alpha value is -3.81. The predicted octanol–water partition coefficient (Wildman–Crippen LogP) is 4.01. The van der Waals surface area contributed by atoms with Gasteiger partial charge in [-0.1, -0.05) is 12.1 Å². The summed E-state index contributed by atoms with van der Waals surface area (Å²) in [6, 6.07) is 15.1. The molecule has 0 atom stereocenters. The van der Waals surface area contributed by atoms with E-state index in [1.807, 2.05) is 53.4 Å². The van der Waals surface area contributed by atoms with Gasteiger partial charge in [0.1, 0.15) is 17.2 Å². The number of carbonyl (C=O) groups is 1. The molecule has 0 bridgehead atoms. The minimum absolute atomic E-state index is 0.0583. The predicted molar refractivity (Wildman–Crippen MR) is 132 cm³/mol. The Balaban J connectivity index is 1.40. The first kappa shape index (κ1) is 23.0. The third kappa shape index (κ3) is 5.16. The maximum Gasteiger partial charge on any atom is 0.229 e. The number of aromatic nitrogens is 2. The lowest BCUT2D eigenvalue weighted by atomic mass is 10.0. The summed E-state index contributed by atoms with van der Waals surface area (Å²) in [5.74, 6) is 3.45. The van der Waals surface area contributed by atoms with Gasteiger partial charge < -0.3 is 24.0 Å². The van der Waals surface area contributed by atoms with E-state index in [9.17, 15) is 4.79 Å². The van der Waals surface area contributed by atoms with E-state index in [0.717, 1.165) is 54.3 Å². The fourth-order valence-electron chi connectivity index (χ4n) is 4.55. The van der Waals surface area contributed by atoms with E-state index in [1.54, 1.807) is 14.2 Å². The number of rotatable bonds is 7. The topological polar surface area (TPSA) is 77.0 Å². The van der Waals surface area contributed by atoms with Gasteiger partial charge in [0.05, 0.1) is 38.4 Å². The maximum absolute atomic E-state index is 13.2. The second kappa shape index (κ2) is 10.2. The molecular weight excluding hydrogens is 444 g/mol. The zero-order chi connectivity index (χ0) is 24.2. The van der Waals surface area contributed by atoms with Crippen molar-refractivity contribution >= 4 is 11.9 Å². The van der Waals surface area contributed by atoms with Crippen LogP contribution in [0.2, 0.25) is 0 Å². The lowest BCUT2D eigenvalue weighted by molar-refractivity contribution is -0.131. The van der Waals surface area contributed by atoms with Crippen LogP contribution in [0.1, 0.15) is 29.7 Å². The van der Waals surface area contributed by atoms with E-state index in [4.69, 9.17) is 24.2 Å². The number of hydrogen-bond donors (Lipinski definition) is 0. The quantitative estimate of drug-likeness (QED) is 0.512. The molecule has 1 amide bonds. The van der Waals surface area contributed by atoms with Crippen molar-refractivity contribution in [2.75, 3.05) is 38.8 Å². The number of benzene rings is 2. The van der Waals surface area contributed by atoms with Gasteiger partial charge >= 0.3 is 0 Å². The average molecular weight is 475 g/mol. The van der Waals surface area contributed by atoms with Crippen LogP contribution in [-0.4, -0.2) is 54.6 Å². The van der Waals surface area contributed by atoms with E-state index >= 15 is 0 Å². The number of ether oxygens (including phenoxy) is 3. The summed E-state index contributed by atoms with van der Waals surface area (Å²) in [6.07, 6.45) is 3.26. The van der Waals surface area contributed by atoms with Crippen LogP contribution in [0.15, 0.2) is 48.5 Å². The van der Waals surface area contributed by atoms with Gasteiger partial charge in [-0.15, -0.1) is 0 Å². The molecule has 35 heavy (non-hydrogen) atoms. The molecule has 1 saturated heterocycles. The molecule has 8 nitrogen and oxygen atoms in total. The first-order valence-electron chi connectivity index (χ1n) is 12.0. The van der Waals surface area contributed by atoms with Crippen LogP contribution >= 0.6 is 0 Å². The summed E-state index contributed by atoms with van der Waals surface area (Å²) in [7, 11) is 3.26. The normalized spacial score (nSPS) is 15.0. The Morgan fingerprint density at radius 1 is 0.914 bits per heavy atom. The van der Waals surface area contributed by atoms with Crippen molar-refractivity contribution in [2.24, 2.45) is 0 Å². The largest absolute Gasteiger partial charge is 0.497 e. The molecule has 0 radical (unpaired) electrons. The minimum Gasteiger partial charge on any atom is -0.497 e. The third-order valence-corrected chi connectivity index (χ3v) is 6.52. The molecule has 0 aliphatic carbocycles. The standard InChI is InChI=1S/C27H30N4O4/c1-33-20-8-10-21(11-9-20)35-26-23-18-31(25(32)17-19-6-5-7-22(16-19)34-2)15-12-24(23)28-27(29-26)30-13-3-4-14-30/h5-11,16H,3-4,12-15,17-18H2,1-2H3. The summed E-state index contributed by atoms with van der Waals surface area (Å²) in [4.78, 5) is 26.9. The fourth-order valence-corrected chi connectivity index (χ4v) is 4.55. The van der Waals surface area contributed by atoms with Gasteiger partial charge in [0.25, 0.3) is 0 Å². The molecule has 182 valence electrons. The molecule has 2 aliphatic rings. The van der Waals surface area contributed by atoms with E-state index in [-0.39, 0.29) is 5.91 Å². The minimum atomic E-state index is 0.0583. The second-order valence-corrected chi connectivity index (χ2v) is 8.82. The van der Waals surface area contributed by atoms with Crippen molar-refractivity contribution in [3.05, 3.63) is 65.4 Å². The van der Waals surface area contributed by atoms with Crippen molar-refractivity contribution in [3.63, 3.8) is 0 Å². The van der Waals surface area contributed by atoms with Gasteiger partial charge in [-0.2, -0.15) is 4.98 Å². The first-order valence-corrected chi connectivity index (χ1v) is 12.0. The molecule has 1 aromatic heterocycles. The second-order valence-electron chi connectivity index (χ2n) is 8.82. The van der Waals surface area contributed by atoms with Crippen molar-refractivity contribution in [2.45, 2.75) is 32.2 Å². The summed E-state index contributed by atoms with van der Waals surface area (Å²) in [6.45, 7) is 2.94. The summed E-state index contributed by atoms with van der Waals surface area (Å²) in [5.41, 5.74) is 2.75. The van der Waals surface area contributed by atoms with Gasteiger partial charge in [-0.05, 0) is 54.8 Å². The third-order valence-electron chi connectivity index (χ3n) is 6.52. The van der Waals surface area contributed by atoms with Crippen molar-refractivity contribution in [3.8, 4) is 23.1 Å². The number of anilines is 1. The highest BCUT2D eigenvalue weighted by molar-refractivity contribution is 5.79. The van der Waals surface area contributed by atoms with Crippen LogP contribution in [0.3, 0.4) is 0 Å². The highest BCUT2D eigenvalue weighted by Crippen LogP contribution is 2.33. The summed E-state index contributed by atoms with van der Waals surface area (Å²) >= 11 is 0. The van der Waals surface area contributed by atoms with E-state index in [0.29, 0.717) is 43.5 Å². The Bertz CT molecular complexity index is 1190. The molecule has 0 saturated carbocycles. The van der Waals surface area contributed by atoms with Crippen LogP contribution < -0.4 is 19.1 Å². The maximum atomic E-state index is 13.2. The van der Waals surface area contributed by atoms with Gasteiger partial charge in [0.2, 0.25) is 17.7 Å². The van der Waals surface area contributed by atoms with Gasteiger partial charge in [0, 0.05) is 26.1 Å². The molecule has 2 aliphatic heterocycles. The highest BCUT2D eigenvalue weighted by Gasteiger charge is 2.28. The Morgan fingerprint density at radius 3 is 2.40 bits per heavy atom. The van der Waals surface area contributed by atoms with Crippen LogP contribution in [0.4, 0.5) is 5.95 Å². The number of nitrogens with zero attached hydrogens (tertiary/aromatic N) is 4. The first-order chi connectivity index (χ1) is 17.1. The number of hydrogen-bond acceptors (Lipinski definition) is 7. The van der Waals surface area contributed by atoms with Crippen LogP contribution in [0, 0.1) is 0 Å². The molecule has 1 fully saturated rings. The molecule has 8 heteroatoms. The van der Waals surface area contributed by atoms with E-state index < -0.39 is 0 Å². The van der Waals surface area contributed by atoms with Crippen LogP contribution in [0.25, 0.3) is 0 Å². The summed E-state index contributed by atoms with van der Waals surface area (Å²) in [5, 5.41) is 0. The molecule has 5 rings (SSSR count). The molecule has 2 aromatic carbocycles. The highest BCUT2D eigenvalue weighted by atomic mass is 16.5. The van der Waals surface area contributed by atoms with Crippen molar-refractivity contribution < 1.29 is 19.0 Å². The molecule has 3 heterocycles. The number of methoxy groups -OCH3 is 2. The Morgan fingerprint density at radius 2 is 1.66 bits per heavy atom. The smallest absolute Gasteiger partial charge is 0.229 e. The average Bonchev–Trinajstić information content (AvgIpc) is 3.44. The van der Waals surface area contributed by atoms with E-state index in [1.165, 1.54) is 0 Å². The molecule has 0 spiro atoms. The number of carbonyl (C=O) groups excluding carboxylic acids is 1. The van der Waals surface area contributed by atoms with Gasteiger partial charge in [-0.3, -0.25) is 4.79 Å². The van der Waals surface area contributed by atoms with Crippen molar-refractivity contribution in [1.29, 1.82) is 0 Å². The zero-order valence-corrected chi connectivity index (χ0v) is 20.2. The SMILES string of the molecule is COc1ccc(Oc2nc(N3CCCC3)nc3c2CN(C(=O)Cc2cccc(OC)c2)CC3)cc1. The lowest BCUT2D eigenvalue weighted by Crippen LogP contribution is -2.38. The van der Waals surface area contributed by atoms with Gasteiger partial charge in [-0.25, -0.2) is 4.98 Å². The Labute approximate surface area is 205 Å². The Kier molecular flexibility index (Phi) is 6.70. The molecular formula is C27H30N4O4. The number of fused-ring (bicyclic) bond motifs is 1. The fraction of sp³-hybridized carbons (Fsp3) is 0.370. The monoisotopic (exact) mass is 474 g/mol. The molecule has 0 N–H and O–H groups in total. The van der Waals surface area contributed by atoms with E-state index in [2.05, 4.69) is 4.90 Å². The molecule has 3 aromatic rings. The molecule has 0 unspecified atom stereocenters. The van der Waals surface area contributed by atoms with Crippen molar-refractivity contribution in [1.82, 2.24) is 14.9 Å². The lowest BCUT2D eigenvalue weighted by Gasteiger charge is -2.30. The van der Waals surface area contributed by atoms with Crippen LogP contribution in [0.5, 0.6) is 23.1 Å². The van der Waals surface area contributed by atoms with Crippen LogP contribution in [-0.2, 0) is 24.2 Å². The summed E-state index contributed by atoms with van der Waals surface area (Å²) < 4.78 is 16.8. The number of amides is 1. The zero-order valence-electron chi connectivity index (χ0n) is 20.2. The van der Waals surface area contributed by atoms with Gasteiger partial charge in [0.15, 0.2) is 0 Å².